The Morgan fingerprint density at radius 1 is 1.26 bits per heavy atom. The lowest BCUT2D eigenvalue weighted by atomic mass is 10.0. The van der Waals surface area contributed by atoms with Crippen LogP contribution in [0.2, 0.25) is 0 Å². The Hall–Kier alpha value is -1.88. The molecule has 0 bridgehead atoms. The second kappa shape index (κ2) is 9.88. The van der Waals surface area contributed by atoms with Crippen molar-refractivity contribution >= 4 is 35.9 Å². The molecule has 0 aromatic carbocycles. The van der Waals surface area contributed by atoms with Crippen molar-refractivity contribution in [2.45, 2.75) is 19.4 Å². The minimum Gasteiger partial charge on any atom is -0.466 e. The molecule has 3 rings (SSSR count). The number of aliphatic imine (C=N–C) groups is 1. The van der Waals surface area contributed by atoms with E-state index in [2.05, 4.69) is 30.1 Å². The van der Waals surface area contributed by atoms with Crippen molar-refractivity contribution in [2.24, 2.45) is 4.99 Å². The number of halogens is 1. The van der Waals surface area contributed by atoms with Gasteiger partial charge < -0.3 is 24.6 Å². The number of piperazine rings is 1. The second-order valence-electron chi connectivity index (χ2n) is 6.44. The van der Waals surface area contributed by atoms with E-state index in [-0.39, 0.29) is 30.5 Å². The third kappa shape index (κ3) is 5.55. The molecule has 2 aromatic heterocycles. The van der Waals surface area contributed by atoms with Gasteiger partial charge in [0.15, 0.2) is 5.96 Å². The largest absolute Gasteiger partial charge is 0.466 e. The molecular formula is C18H27IN6O2. The number of hydrogen-bond acceptors (Lipinski definition) is 6. The molecule has 1 atom stereocenters. The van der Waals surface area contributed by atoms with Crippen LogP contribution < -0.4 is 10.2 Å². The zero-order valence-corrected chi connectivity index (χ0v) is 18.0. The molecule has 1 saturated heterocycles. The van der Waals surface area contributed by atoms with Crippen molar-refractivity contribution in [1.29, 1.82) is 0 Å². The highest BCUT2D eigenvalue weighted by Crippen LogP contribution is 2.21. The first-order chi connectivity index (χ1) is 12.6. The van der Waals surface area contributed by atoms with Crippen LogP contribution in [-0.2, 0) is 5.60 Å². The highest BCUT2D eigenvalue weighted by atomic mass is 127. The van der Waals surface area contributed by atoms with Crippen molar-refractivity contribution in [3.63, 3.8) is 0 Å². The van der Waals surface area contributed by atoms with Crippen LogP contribution in [0.15, 0.2) is 46.3 Å². The van der Waals surface area contributed by atoms with E-state index >= 15 is 0 Å². The first-order valence-corrected chi connectivity index (χ1v) is 8.92. The minimum absolute atomic E-state index is 0. The molecule has 0 amide bonds. The summed E-state index contributed by atoms with van der Waals surface area (Å²) in [6.45, 7) is 8.01. The highest BCUT2D eigenvalue weighted by molar-refractivity contribution is 14.0. The summed E-state index contributed by atoms with van der Waals surface area (Å²) in [4.78, 5) is 17.6. The number of aliphatic hydroxyl groups is 1. The monoisotopic (exact) mass is 486 g/mol. The number of anilines is 1. The molecule has 27 heavy (non-hydrogen) atoms. The molecule has 3 heterocycles. The molecule has 1 aliphatic rings. The van der Waals surface area contributed by atoms with Gasteiger partial charge in [0.05, 0.1) is 12.8 Å². The van der Waals surface area contributed by atoms with E-state index in [0.717, 1.165) is 44.6 Å². The van der Waals surface area contributed by atoms with Gasteiger partial charge in [-0.15, -0.1) is 24.0 Å². The summed E-state index contributed by atoms with van der Waals surface area (Å²) in [5, 5.41) is 13.9. The van der Waals surface area contributed by atoms with Gasteiger partial charge in [-0.2, -0.15) is 0 Å². The van der Waals surface area contributed by atoms with E-state index in [0.29, 0.717) is 5.76 Å². The SMILES string of the molecule is CCNC(=NCC(C)(O)c1ccco1)N1CCN(c2ncccn2)CC1.I. The number of guanidine groups is 1. The summed E-state index contributed by atoms with van der Waals surface area (Å²) in [7, 11) is 0. The molecule has 2 aromatic rings. The van der Waals surface area contributed by atoms with E-state index in [1.54, 1.807) is 37.7 Å². The molecule has 0 radical (unpaired) electrons. The Labute approximate surface area is 176 Å². The zero-order valence-electron chi connectivity index (χ0n) is 15.7. The van der Waals surface area contributed by atoms with Crippen molar-refractivity contribution in [1.82, 2.24) is 20.2 Å². The maximum absolute atomic E-state index is 10.6. The van der Waals surface area contributed by atoms with Crippen LogP contribution in [0.3, 0.4) is 0 Å². The molecular weight excluding hydrogens is 459 g/mol. The van der Waals surface area contributed by atoms with Crippen LogP contribution in [0.4, 0.5) is 5.95 Å². The summed E-state index contributed by atoms with van der Waals surface area (Å²) >= 11 is 0. The zero-order chi connectivity index (χ0) is 18.4. The van der Waals surface area contributed by atoms with E-state index in [4.69, 9.17) is 4.42 Å². The van der Waals surface area contributed by atoms with E-state index < -0.39 is 5.60 Å². The number of nitrogens with zero attached hydrogens (tertiary/aromatic N) is 5. The maximum Gasteiger partial charge on any atom is 0.225 e. The Morgan fingerprint density at radius 3 is 2.56 bits per heavy atom. The number of furan rings is 1. The van der Waals surface area contributed by atoms with Gasteiger partial charge in [0.1, 0.15) is 11.4 Å². The van der Waals surface area contributed by atoms with Gasteiger partial charge >= 0.3 is 0 Å². The van der Waals surface area contributed by atoms with Crippen molar-refractivity contribution < 1.29 is 9.52 Å². The minimum atomic E-state index is -1.14. The Bertz CT molecular complexity index is 700. The molecule has 0 aliphatic carbocycles. The number of rotatable bonds is 5. The first kappa shape index (κ1) is 21.4. The quantitative estimate of drug-likeness (QED) is 0.378. The van der Waals surface area contributed by atoms with Crippen LogP contribution >= 0.6 is 24.0 Å². The fourth-order valence-electron chi connectivity index (χ4n) is 2.89. The summed E-state index contributed by atoms with van der Waals surface area (Å²) in [5.74, 6) is 2.07. The summed E-state index contributed by atoms with van der Waals surface area (Å²) in [5.41, 5.74) is -1.14. The lowest BCUT2D eigenvalue weighted by molar-refractivity contribution is 0.0434. The lowest BCUT2D eigenvalue weighted by Crippen LogP contribution is -2.53. The number of nitrogens with one attached hydrogen (secondary N) is 1. The van der Waals surface area contributed by atoms with Crippen molar-refractivity contribution in [2.75, 3.05) is 44.2 Å². The van der Waals surface area contributed by atoms with Gasteiger partial charge in [-0.1, -0.05) is 0 Å². The second-order valence-corrected chi connectivity index (χ2v) is 6.44. The third-order valence-corrected chi connectivity index (χ3v) is 4.34. The summed E-state index contributed by atoms with van der Waals surface area (Å²) in [6.07, 6.45) is 5.08. The third-order valence-electron chi connectivity index (χ3n) is 4.34. The summed E-state index contributed by atoms with van der Waals surface area (Å²) in [6, 6.07) is 5.35. The molecule has 148 valence electrons. The first-order valence-electron chi connectivity index (χ1n) is 8.92. The van der Waals surface area contributed by atoms with Gasteiger partial charge in [-0.3, -0.25) is 0 Å². The Balaban J connectivity index is 0.00000261. The van der Waals surface area contributed by atoms with Gasteiger partial charge in [-0.25, -0.2) is 15.0 Å². The molecule has 1 fully saturated rings. The average molecular weight is 486 g/mol. The molecule has 2 N–H and O–H groups in total. The van der Waals surface area contributed by atoms with Crippen LogP contribution in [0.1, 0.15) is 19.6 Å². The molecule has 1 unspecified atom stereocenters. The predicted molar refractivity (Wildman–Crippen MR) is 115 cm³/mol. The lowest BCUT2D eigenvalue weighted by Gasteiger charge is -2.36. The Kier molecular flexibility index (Phi) is 7.84. The molecule has 8 nitrogen and oxygen atoms in total. The van der Waals surface area contributed by atoms with Gasteiger partial charge in [0, 0.05) is 45.1 Å². The Morgan fingerprint density at radius 2 is 1.96 bits per heavy atom. The smallest absolute Gasteiger partial charge is 0.225 e. The fourth-order valence-corrected chi connectivity index (χ4v) is 2.89. The highest BCUT2D eigenvalue weighted by Gasteiger charge is 2.27. The van der Waals surface area contributed by atoms with Crippen molar-refractivity contribution in [3.05, 3.63) is 42.6 Å². The van der Waals surface area contributed by atoms with Crippen LogP contribution in [0, 0.1) is 0 Å². The van der Waals surface area contributed by atoms with E-state index in [1.165, 1.54) is 0 Å². The van der Waals surface area contributed by atoms with Gasteiger partial charge in [0.2, 0.25) is 5.95 Å². The number of hydrogen-bond donors (Lipinski definition) is 2. The molecule has 1 aliphatic heterocycles. The van der Waals surface area contributed by atoms with Crippen LogP contribution in [0.25, 0.3) is 0 Å². The molecule has 0 saturated carbocycles. The number of aromatic nitrogens is 2. The average Bonchev–Trinajstić information content (AvgIpc) is 3.22. The standard InChI is InChI=1S/C18H26N6O2.HI/c1-3-19-16(22-14-18(2,25)15-6-4-13-26-15)23-9-11-24(12-10-23)17-20-7-5-8-21-17;/h4-8,13,25H,3,9-12,14H2,1-2H3,(H,19,22);1H. The van der Waals surface area contributed by atoms with Gasteiger partial charge in [0.25, 0.3) is 0 Å². The van der Waals surface area contributed by atoms with Crippen LogP contribution in [-0.4, -0.2) is 65.2 Å². The topological polar surface area (TPSA) is 90.0 Å². The predicted octanol–water partition coefficient (Wildman–Crippen LogP) is 1.68. The van der Waals surface area contributed by atoms with Crippen molar-refractivity contribution in [3.8, 4) is 0 Å². The molecule has 0 spiro atoms. The van der Waals surface area contributed by atoms with Crippen LogP contribution in [0.5, 0.6) is 0 Å². The molecule has 9 heteroatoms. The summed E-state index contributed by atoms with van der Waals surface area (Å²) < 4.78 is 5.33. The van der Waals surface area contributed by atoms with E-state index in [9.17, 15) is 5.11 Å². The van der Waals surface area contributed by atoms with Gasteiger partial charge in [-0.05, 0) is 32.0 Å². The van der Waals surface area contributed by atoms with E-state index in [1.807, 2.05) is 13.0 Å². The fraction of sp³-hybridized carbons (Fsp3) is 0.500. The maximum atomic E-state index is 10.6. The normalized spacial score (nSPS) is 17.2.